The minimum absolute atomic E-state index is 0. The van der Waals surface area contributed by atoms with E-state index in [0.29, 0.717) is 16.7 Å². The summed E-state index contributed by atoms with van der Waals surface area (Å²) in [7, 11) is 0. The average molecular weight is 1330 g/mol. The zero-order chi connectivity index (χ0) is 33.7. The minimum Gasteiger partial charge on any atom is -0.418 e. The Hall–Kier alpha value is 4.03. The van der Waals surface area contributed by atoms with Crippen LogP contribution in [0, 0.1) is 26.2 Å². The second-order valence-electron chi connectivity index (χ2n) is 14.3. The summed E-state index contributed by atoms with van der Waals surface area (Å²) in [6.07, 6.45) is 10.5. The number of nitrogens with zero attached hydrogens (tertiary/aromatic N) is 7. The van der Waals surface area contributed by atoms with Crippen molar-refractivity contribution in [2.24, 2.45) is 0 Å². The molecule has 0 fully saturated rings. The quantitative estimate of drug-likeness (QED) is 0.192. The molecule has 2 aliphatic heterocycles. The molecule has 0 aliphatic carbocycles. The molecule has 0 saturated heterocycles. The average Bonchev–Trinajstić information content (AvgIpc) is 3.76. The molecule has 54 heavy (non-hydrogen) atoms. The maximum atomic E-state index is 12.9. The Morgan fingerprint density at radius 3 is 1.44 bits per heavy atom. The Balaban J connectivity index is -0.000000841. The van der Waals surface area contributed by atoms with Crippen LogP contribution < -0.4 is 10.9 Å². The number of H-pyrrole nitrogens is 1. The number of hydrogen-bond donors (Lipinski definition) is 1. The SMILES string of the molecule is CC(=O)c1[c-]n2c(c(C)c1=O)-c1cccn1C(C)(C)C2(C)C.Cc1c2n([c-]c(-c3nn[nH]n3)c1=O)C(C)(C)C(C)(C)n1cccc1-2.[Y].[Y].[Y].[Y].[Y].[Y].[Y].[Y]. The van der Waals surface area contributed by atoms with Gasteiger partial charge in [-0.05, 0) is 109 Å². The van der Waals surface area contributed by atoms with E-state index < -0.39 is 0 Å². The first kappa shape index (κ1) is 62.3. The zero-order valence-corrected chi connectivity index (χ0v) is 55.6. The summed E-state index contributed by atoms with van der Waals surface area (Å²) in [5.41, 5.74) is 4.09. The molecule has 5 aromatic heterocycles. The van der Waals surface area contributed by atoms with Gasteiger partial charge in [-0.1, -0.05) is 42.6 Å². The number of carbonyl (C=O) groups excluding carboxylic acids is 1. The van der Waals surface area contributed by atoms with Crippen LogP contribution in [-0.4, -0.2) is 44.7 Å². The Morgan fingerprint density at radius 2 is 1.06 bits per heavy atom. The van der Waals surface area contributed by atoms with Crippen LogP contribution >= 0.6 is 0 Å². The van der Waals surface area contributed by atoms with E-state index in [1.807, 2.05) is 42.0 Å². The van der Waals surface area contributed by atoms with E-state index in [0.717, 1.165) is 22.8 Å². The zero-order valence-electron chi connectivity index (χ0n) is 32.9. The van der Waals surface area contributed by atoms with Crippen molar-refractivity contribution in [1.82, 2.24) is 38.9 Å². The molecule has 0 spiro atoms. The number of aromatic amines is 1. The smallest absolute Gasteiger partial charge is 0.126 e. The molecule has 264 valence electrons. The third kappa shape index (κ3) is 10.2. The van der Waals surface area contributed by atoms with Gasteiger partial charge in [-0.25, -0.2) is 0 Å². The van der Waals surface area contributed by atoms with E-state index in [1.165, 1.54) is 6.92 Å². The second-order valence-corrected chi connectivity index (χ2v) is 14.3. The molecule has 8 radical (unpaired) electrons. The number of hydrogen-bond acceptors (Lipinski definition) is 6. The first-order valence-corrected chi connectivity index (χ1v) is 15.4. The molecular weight excluding hydrogens is 1290 g/mol. The number of ketones is 1. The molecule has 0 saturated carbocycles. The van der Waals surface area contributed by atoms with Crippen molar-refractivity contribution in [2.75, 3.05) is 0 Å². The summed E-state index contributed by atoms with van der Waals surface area (Å²) in [4.78, 5) is 37.2. The number of pyridine rings is 2. The van der Waals surface area contributed by atoms with Crippen molar-refractivity contribution >= 4 is 5.78 Å². The van der Waals surface area contributed by atoms with Gasteiger partial charge in [0.2, 0.25) is 0 Å². The predicted octanol–water partition coefficient (Wildman–Crippen LogP) is 5.18. The summed E-state index contributed by atoms with van der Waals surface area (Å²) in [6, 6.07) is 8.05. The summed E-state index contributed by atoms with van der Waals surface area (Å²) < 4.78 is 8.48. The number of nitrogens with one attached hydrogen (secondary N) is 1. The monoisotopic (exact) mass is 1330 g/mol. The maximum Gasteiger partial charge on any atom is 0.126 e. The minimum atomic E-state index is -0.336. The molecule has 1 N–H and O–H groups in total. The number of Topliss-reactive ketones (excluding diaryl/α,β-unsaturated/α-hetero) is 1. The molecule has 0 unspecified atom stereocenters. The Labute approximate surface area is 519 Å². The van der Waals surface area contributed by atoms with Gasteiger partial charge in [-0.3, -0.25) is 0 Å². The third-order valence-corrected chi connectivity index (χ3v) is 11.0. The fourth-order valence-corrected chi connectivity index (χ4v) is 6.73. The van der Waals surface area contributed by atoms with Crippen molar-refractivity contribution in [3.8, 4) is 34.2 Å². The van der Waals surface area contributed by atoms with Crippen LogP contribution in [0.1, 0.15) is 83.8 Å². The van der Waals surface area contributed by atoms with Crippen LogP contribution in [0.3, 0.4) is 0 Å². The van der Waals surface area contributed by atoms with E-state index >= 15 is 0 Å². The van der Waals surface area contributed by atoms with Crippen molar-refractivity contribution in [1.29, 1.82) is 0 Å². The summed E-state index contributed by atoms with van der Waals surface area (Å²) in [5, 5.41) is 13.9. The molecule has 0 atom stereocenters. The van der Waals surface area contributed by atoms with Crippen LogP contribution in [0.2, 0.25) is 0 Å². The molecule has 0 aromatic carbocycles. The van der Waals surface area contributed by atoms with Crippen LogP contribution in [0.5, 0.6) is 0 Å². The van der Waals surface area contributed by atoms with E-state index in [9.17, 15) is 14.4 Å². The Kier molecular flexibility index (Phi) is 26.7. The number of rotatable bonds is 2. The normalized spacial score (nSPS) is 14.9. The molecule has 5 aromatic rings. The van der Waals surface area contributed by atoms with E-state index in [4.69, 9.17) is 0 Å². The summed E-state index contributed by atoms with van der Waals surface area (Å²) in [5.74, 6) is 0.0333. The molecule has 0 amide bonds. The standard InChI is InChI=1S/C18H21N2O2.C17H19N6O.8Y/c1-11-15-14-8-7-9-19(14)17(3,4)18(5,6)20(15)10-13(12(2)21)16(11)22;1-10-13-12-7-6-8-22(12)16(2,3)17(4,5)23(13)9-11(14(10)24)15-18-20-21-19-15;;;;;;;;/h7-9H,1-6H3;6-8H,1-5H3,(H,18,19,20,21);;;;;;;;/q2*-1;;;;;;;;. The summed E-state index contributed by atoms with van der Waals surface area (Å²) in [6.45, 7) is 22.3. The molecule has 7 heterocycles. The number of fused-ring (bicyclic) bond motifs is 6. The van der Waals surface area contributed by atoms with Crippen molar-refractivity contribution < 1.29 is 266 Å². The van der Waals surface area contributed by atoms with Crippen molar-refractivity contribution in [3.05, 3.63) is 86.2 Å². The van der Waals surface area contributed by atoms with Gasteiger partial charge in [-0.2, -0.15) is 15.4 Å². The van der Waals surface area contributed by atoms with Gasteiger partial charge in [0, 0.05) is 297 Å². The first-order valence-electron chi connectivity index (χ1n) is 15.4. The predicted molar refractivity (Wildman–Crippen MR) is 176 cm³/mol. The van der Waals surface area contributed by atoms with Crippen LogP contribution in [-0.2, 0) is 284 Å². The van der Waals surface area contributed by atoms with Crippen LogP contribution in [0.15, 0.2) is 46.2 Å². The van der Waals surface area contributed by atoms with Gasteiger partial charge in [0.1, 0.15) is 16.7 Å². The molecular formula is C35H40N8O3Y8-2. The Bertz CT molecular complexity index is 2180. The Morgan fingerprint density at radius 1 is 0.648 bits per heavy atom. The van der Waals surface area contributed by atoms with Crippen molar-refractivity contribution in [3.63, 3.8) is 0 Å². The molecule has 11 nitrogen and oxygen atoms in total. The maximum absolute atomic E-state index is 12.9. The number of tetrazole rings is 1. The van der Waals surface area contributed by atoms with Gasteiger partial charge >= 0.3 is 0 Å². The fraction of sp³-hybridized carbons (Fsp3) is 0.429. The fourth-order valence-electron chi connectivity index (χ4n) is 6.73. The third-order valence-electron chi connectivity index (χ3n) is 11.0. The number of carbonyl (C=O) groups is 1. The van der Waals surface area contributed by atoms with Crippen LogP contribution in [0.4, 0.5) is 0 Å². The van der Waals surface area contributed by atoms with Gasteiger partial charge in [-0.15, -0.1) is 0 Å². The van der Waals surface area contributed by atoms with Gasteiger partial charge in [0.25, 0.3) is 0 Å². The van der Waals surface area contributed by atoms with E-state index in [2.05, 4.69) is 108 Å². The largest absolute Gasteiger partial charge is 0.418 e. The molecule has 7 rings (SSSR count). The van der Waals surface area contributed by atoms with Crippen molar-refractivity contribution in [2.45, 2.75) is 98.3 Å². The topological polar surface area (TPSA) is 125 Å². The van der Waals surface area contributed by atoms with Gasteiger partial charge in [0.15, 0.2) is 0 Å². The molecule has 2 aliphatic rings. The van der Waals surface area contributed by atoms with Gasteiger partial charge in [0.05, 0.1) is 16.9 Å². The molecule has 0 bridgehead atoms. The van der Waals surface area contributed by atoms with E-state index in [1.54, 1.807) is 6.92 Å². The molecule has 19 heteroatoms. The first-order chi connectivity index (χ1) is 21.4. The second kappa shape index (κ2) is 23.1. The van der Waals surface area contributed by atoms with Crippen LogP contribution in [0.25, 0.3) is 34.2 Å². The van der Waals surface area contributed by atoms with E-state index in [-0.39, 0.29) is 312 Å². The summed E-state index contributed by atoms with van der Waals surface area (Å²) >= 11 is 0. The number of aromatic nitrogens is 8. The van der Waals surface area contributed by atoms with Gasteiger partial charge < -0.3 is 32.7 Å².